The fourth-order valence-electron chi connectivity index (χ4n) is 1.95. The van der Waals surface area contributed by atoms with Gasteiger partial charge in [0.15, 0.2) is 0 Å². The van der Waals surface area contributed by atoms with E-state index in [4.69, 9.17) is 0 Å². The summed E-state index contributed by atoms with van der Waals surface area (Å²) in [5.74, 6) is -0.174. The molecule has 0 aromatic heterocycles. The van der Waals surface area contributed by atoms with Gasteiger partial charge in [0.1, 0.15) is 0 Å². The summed E-state index contributed by atoms with van der Waals surface area (Å²) in [5.41, 5.74) is 2.54. The number of aryl methyl sites for hydroxylation is 1. The van der Waals surface area contributed by atoms with Crippen LogP contribution in [0, 0.1) is 6.92 Å². The maximum atomic E-state index is 12.1. The van der Waals surface area contributed by atoms with Crippen LogP contribution in [0.3, 0.4) is 0 Å². The summed E-state index contributed by atoms with van der Waals surface area (Å²) in [6.07, 6.45) is 0. The van der Waals surface area contributed by atoms with Gasteiger partial charge in [0.2, 0.25) is 0 Å². The molecule has 0 fully saturated rings. The molecule has 2 aromatic carbocycles. The number of hydrogen-bond acceptors (Lipinski definition) is 2. The molecule has 0 heterocycles. The number of aliphatic hydroxyl groups excluding tert-OH is 1. The maximum absolute atomic E-state index is 12.1. The average molecular weight is 255 g/mol. The van der Waals surface area contributed by atoms with E-state index in [1.807, 2.05) is 55.5 Å². The number of nitrogens with one attached hydrogen (secondary N) is 1. The second kappa shape index (κ2) is 6.16. The molecule has 0 bridgehead atoms. The summed E-state index contributed by atoms with van der Waals surface area (Å²) in [6.45, 7) is 1.82. The first-order valence-electron chi connectivity index (χ1n) is 6.24. The van der Waals surface area contributed by atoms with E-state index in [-0.39, 0.29) is 18.6 Å². The first kappa shape index (κ1) is 13.3. The number of amides is 1. The number of carbonyl (C=O) groups is 1. The number of benzene rings is 2. The zero-order chi connectivity index (χ0) is 13.7. The molecule has 0 spiro atoms. The monoisotopic (exact) mass is 255 g/mol. The van der Waals surface area contributed by atoms with Gasteiger partial charge in [-0.3, -0.25) is 4.79 Å². The van der Waals surface area contributed by atoms with Crippen molar-refractivity contribution in [1.82, 2.24) is 5.32 Å². The molecule has 0 aliphatic rings. The Kier molecular flexibility index (Phi) is 4.31. The molecular formula is C16H17NO2. The zero-order valence-electron chi connectivity index (χ0n) is 10.8. The van der Waals surface area contributed by atoms with E-state index in [9.17, 15) is 9.90 Å². The Morgan fingerprint density at radius 3 is 2.53 bits per heavy atom. The van der Waals surface area contributed by atoms with E-state index in [0.717, 1.165) is 11.1 Å². The summed E-state index contributed by atoms with van der Waals surface area (Å²) >= 11 is 0. The third-order valence-electron chi connectivity index (χ3n) is 2.97. The second-order valence-electron chi connectivity index (χ2n) is 4.49. The SMILES string of the molecule is Cc1cccc(C(=O)N[C@@H](CO)c2ccccc2)c1. The average Bonchev–Trinajstić information content (AvgIpc) is 2.45. The van der Waals surface area contributed by atoms with Gasteiger partial charge in [-0.25, -0.2) is 0 Å². The van der Waals surface area contributed by atoms with Gasteiger partial charge in [-0.05, 0) is 24.6 Å². The predicted octanol–water partition coefficient (Wildman–Crippen LogP) is 2.46. The van der Waals surface area contributed by atoms with Crippen molar-refractivity contribution in [3.63, 3.8) is 0 Å². The van der Waals surface area contributed by atoms with Crippen LogP contribution in [0.4, 0.5) is 0 Å². The van der Waals surface area contributed by atoms with Crippen LogP contribution in [0.2, 0.25) is 0 Å². The van der Waals surface area contributed by atoms with Crippen LogP contribution in [-0.2, 0) is 0 Å². The minimum Gasteiger partial charge on any atom is -0.394 e. The lowest BCUT2D eigenvalue weighted by Crippen LogP contribution is -2.30. The molecule has 0 aliphatic carbocycles. The molecule has 1 atom stereocenters. The smallest absolute Gasteiger partial charge is 0.251 e. The van der Waals surface area contributed by atoms with Gasteiger partial charge in [0, 0.05) is 5.56 Å². The highest BCUT2D eigenvalue weighted by molar-refractivity contribution is 5.94. The van der Waals surface area contributed by atoms with E-state index in [0.29, 0.717) is 5.56 Å². The molecule has 0 unspecified atom stereocenters. The first-order valence-corrected chi connectivity index (χ1v) is 6.24. The van der Waals surface area contributed by atoms with Gasteiger partial charge in [-0.1, -0.05) is 48.0 Å². The normalized spacial score (nSPS) is 11.9. The molecule has 0 saturated carbocycles. The Labute approximate surface area is 112 Å². The molecule has 98 valence electrons. The second-order valence-corrected chi connectivity index (χ2v) is 4.49. The van der Waals surface area contributed by atoms with Crippen LogP contribution in [0.5, 0.6) is 0 Å². The van der Waals surface area contributed by atoms with Crippen LogP contribution in [-0.4, -0.2) is 17.6 Å². The Bertz CT molecular complexity index is 552. The van der Waals surface area contributed by atoms with Gasteiger partial charge in [-0.2, -0.15) is 0 Å². The third-order valence-corrected chi connectivity index (χ3v) is 2.97. The van der Waals surface area contributed by atoms with E-state index < -0.39 is 0 Å². The molecule has 0 radical (unpaired) electrons. The molecule has 19 heavy (non-hydrogen) atoms. The molecule has 0 aliphatic heterocycles. The van der Waals surface area contributed by atoms with Crippen LogP contribution in [0.1, 0.15) is 27.5 Å². The predicted molar refractivity (Wildman–Crippen MR) is 74.9 cm³/mol. The number of rotatable bonds is 4. The Morgan fingerprint density at radius 2 is 1.89 bits per heavy atom. The lowest BCUT2D eigenvalue weighted by Gasteiger charge is -2.16. The van der Waals surface area contributed by atoms with Crippen molar-refractivity contribution in [2.24, 2.45) is 0 Å². The highest BCUT2D eigenvalue weighted by Crippen LogP contribution is 2.13. The molecule has 3 nitrogen and oxygen atoms in total. The summed E-state index contributed by atoms with van der Waals surface area (Å²) in [7, 11) is 0. The van der Waals surface area contributed by atoms with E-state index in [2.05, 4.69) is 5.32 Å². The maximum Gasteiger partial charge on any atom is 0.251 e. The molecule has 3 heteroatoms. The summed E-state index contributed by atoms with van der Waals surface area (Å²) in [5, 5.41) is 12.3. The number of hydrogen-bond donors (Lipinski definition) is 2. The molecule has 2 rings (SSSR count). The van der Waals surface area contributed by atoms with E-state index in [1.54, 1.807) is 6.07 Å². The minimum absolute atomic E-state index is 0.123. The number of aliphatic hydroxyl groups is 1. The van der Waals surface area contributed by atoms with Gasteiger partial charge < -0.3 is 10.4 Å². The van der Waals surface area contributed by atoms with Crippen LogP contribution >= 0.6 is 0 Å². The largest absolute Gasteiger partial charge is 0.394 e. The summed E-state index contributed by atoms with van der Waals surface area (Å²) in [6, 6.07) is 16.5. The van der Waals surface area contributed by atoms with Gasteiger partial charge in [0.25, 0.3) is 5.91 Å². The standard InChI is InChI=1S/C16H17NO2/c1-12-6-5-9-14(10-12)16(19)17-15(11-18)13-7-3-2-4-8-13/h2-10,15,18H,11H2,1H3,(H,17,19)/t15-/m0/s1. The van der Waals surface area contributed by atoms with Crippen molar-refractivity contribution in [2.45, 2.75) is 13.0 Å². The van der Waals surface area contributed by atoms with E-state index >= 15 is 0 Å². The van der Waals surface area contributed by atoms with Gasteiger partial charge in [0.05, 0.1) is 12.6 Å². The third kappa shape index (κ3) is 3.42. The van der Waals surface area contributed by atoms with Crippen molar-refractivity contribution < 1.29 is 9.90 Å². The molecular weight excluding hydrogens is 238 g/mol. The van der Waals surface area contributed by atoms with Crippen molar-refractivity contribution in [2.75, 3.05) is 6.61 Å². The van der Waals surface area contributed by atoms with Gasteiger partial charge >= 0.3 is 0 Å². The zero-order valence-corrected chi connectivity index (χ0v) is 10.8. The Hall–Kier alpha value is -2.13. The van der Waals surface area contributed by atoms with Crippen molar-refractivity contribution in [1.29, 1.82) is 0 Å². The lowest BCUT2D eigenvalue weighted by atomic mass is 10.1. The van der Waals surface area contributed by atoms with Gasteiger partial charge in [-0.15, -0.1) is 0 Å². The quantitative estimate of drug-likeness (QED) is 0.881. The molecule has 2 aromatic rings. The minimum atomic E-state index is -0.380. The van der Waals surface area contributed by atoms with Crippen molar-refractivity contribution >= 4 is 5.91 Å². The van der Waals surface area contributed by atoms with Crippen molar-refractivity contribution in [3.8, 4) is 0 Å². The van der Waals surface area contributed by atoms with Crippen LogP contribution in [0.25, 0.3) is 0 Å². The highest BCUT2D eigenvalue weighted by atomic mass is 16.3. The van der Waals surface area contributed by atoms with Crippen LogP contribution in [0.15, 0.2) is 54.6 Å². The molecule has 0 saturated heterocycles. The summed E-state index contributed by atoms with van der Waals surface area (Å²) in [4.78, 5) is 12.1. The topological polar surface area (TPSA) is 49.3 Å². The van der Waals surface area contributed by atoms with E-state index in [1.165, 1.54) is 0 Å². The first-order chi connectivity index (χ1) is 9.20. The highest BCUT2D eigenvalue weighted by Gasteiger charge is 2.14. The van der Waals surface area contributed by atoms with Crippen LogP contribution < -0.4 is 5.32 Å². The fraction of sp³-hybridized carbons (Fsp3) is 0.188. The number of carbonyl (C=O) groups excluding carboxylic acids is 1. The fourth-order valence-corrected chi connectivity index (χ4v) is 1.95. The molecule has 2 N–H and O–H groups in total. The molecule has 1 amide bonds. The lowest BCUT2D eigenvalue weighted by molar-refractivity contribution is 0.0916. The Morgan fingerprint density at radius 1 is 1.16 bits per heavy atom. The van der Waals surface area contributed by atoms with Crippen molar-refractivity contribution in [3.05, 3.63) is 71.3 Å². The summed E-state index contributed by atoms with van der Waals surface area (Å²) < 4.78 is 0. The Balaban J connectivity index is 2.13.